The molecule has 3 unspecified atom stereocenters. The van der Waals surface area contributed by atoms with Crippen LogP contribution in [0.25, 0.3) is 0 Å². The van der Waals surface area contributed by atoms with E-state index in [0.29, 0.717) is 0 Å². The second-order valence-electron chi connectivity index (χ2n) is 4.42. The Labute approximate surface area is 100 Å². The Morgan fingerprint density at radius 3 is 2.60 bits per heavy atom. The lowest BCUT2D eigenvalue weighted by atomic mass is 9.95. The average Bonchev–Trinajstić information content (AvgIpc) is 2.85. The number of hydrogen-bond acceptors (Lipinski definition) is 2. The van der Waals surface area contributed by atoms with E-state index in [2.05, 4.69) is 28.1 Å². The molecule has 0 aromatic carbocycles. The monoisotopic (exact) mass is 274 g/mol. The van der Waals surface area contributed by atoms with Gasteiger partial charge < -0.3 is 9.47 Å². The van der Waals surface area contributed by atoms with Crippen molar-refractivity contribution in [1.82, 2.24) is 0 Å². The van der Waals surface area contributed by atoms with Gasteiger partial charge in [-0.2, -0.15) is 0 Å². The minimum absolute atomic E-state index is 0.724. The molecule has 2 aliphatic carbocycles. The van der Waals surface area contributed by atoms with Gasteiger partial charge in [0.1, 0.15) is 0 Å². The molecule has 1 saturated carbocycles. The van der Waals surface area contributed by atoms with Crippen LogP contribution in [-0.4, -0.2) is 31.8 Å². The van der Waals surface area contributed by atoms with Crippen molar-refractivity contribution < 1.29 is 9.47 Å². The fraction of sp³-hybridized carbons (Fsp3) is 0.833. The van der Waals surface area contributed by atoms with Crippen LogP contribution >= 0.6 is 15.9 Å². The van der Waals surface area contributed by atoms with E-state index in [1.54, 1.807) is 0 Å². The number of allylic oxidation sites excluding steroid dienone is 2. The summed E-state index contributed by atoms with van der Waals surface area (Å²) in [6, 6.07) is 0. The molecule has 0 aromatic heterocycles. The Hall–Kier alpha value is 0.140. The summed E-state index contributed by atoms with van der Waals surface area (Å²) < 4.78 is 11.0. The molecule has 86 valence electrons. The van der Waals surface area contributed by atoms with Crippen LogP contribution in [0.3, 0.4) is 0 Å². The van der Waals surface area contributed by atoms with E-state index in [1.165, 1.54) is 12.8 Å². The molecule has 3 atom stereocenters. The van der Waals surface area contributed by atoms with E-state index in [9.17, 15) is 0 Å². The summed E-state index contributed by atoms with van der Waals surface area (Å²) >= 11 is 3.32. The SMILES string of the molecule is BrCCOCCOCC1CC2C=CC1C2. The van der Waals surface area contributed by atoms with Gasteiger partial charge in [-0.15, -0.1) is 0 Å². The van der Waals surface area contributed by atoms with Crippen molar-refractivity contribution in [1.29, 1.82) is 0 Å². The highest BCUT2D eigenvalue weighted by Crippen LogP contribution is 2.43. The van der Waals surface area contributed by atoms with E-state index in [4.69, 9.17) is 9.47 Å². The van der Waals surface area contributed by atoms with Crippen molar-refractivity contribution in [3.8, 4) is 0 Å². The molecule has 0 heterocycles. The quantitative estimate of drug-likeness (QED) is 0.404. The Bertz CT molecular complexity index is 218. The zero-order chi connectivity index (χ0) is 10.5. The van der Waals surface area contributed by atoms with E-state index < -0.39 is 0 Å². The number of halogens is 1. The summed E-state index contributed by atoms with van der Waals surface area (Å²) in [5, 5.41) is 0.907. The lowest BCUT2D eigenvalue weighted by Gasteiger charge is -2.17. The molecule has 0 N–H and O–H groups in total. The number of hydrogen-bond donors (Lipinski definition) is 0. The lowest BCUT2D eigenvalue weighted by molar-refractivity contribution is 0.0344. The average molecular weight is 275 g/mol. The molecular formula is C12H19BrO2. The molecule has 0 aliphatic heterocycles. The van der Waals surface area contributed by atoms with Gasteiger partial charge in [0.25, 0.3) is 0 Å². The second kappa shape index (κ2) is 6.02. The number of fused-ring (bicyclic) bond motifs is 2. The molecule has 0 radical (unpaired) electrons. The van der Waals surface area contributed by atoms with Crippen LogP contribution in [0.2, 0.25) is 0 Å². The second-order valence-corrected chi connectivity index (χ2v) is 5.21. The predicted octanol–water partition coefficient (Wildman–Crippen LogP) is 2.63. The summed E-state index contributed by atoms with van der Waals surface area (Å²) in [6.45, 7) is 3.16. The van der Waals surface area contributed by atoms with E-state index >= 15 is 0 Å². The molecule has 2 bridgehead atoms. The van der Waals surface area contributed by atoms with Gasteiger partial charge in [0.2, 0.25) is 0 Å². The molecule has 0 amide bonds. The van der Waals surface area contributed by atoms with Crippen LogP contribution in [0.15, 0.2) is 12.2 Å². The highest BCUT2D eigenvalue weighted by molar-refractivity contribution is 9.09. The Morgan fingerprint density at radius 2 is 1.93 bits per heavy atom. The maximum atomic E-state index is 5.64. The third kappa shape index (κ3) is 3.30. The fourth-order valence-corrected chi connectivity index (χ4v) is 2.82. The van der Waals surface area contributed by atoms with E-state index in [0.717, 1.165) is 49.5 Å². The van der Waals surface area contributed by atoms with Crippen molar-refractivity contribution >= 4 is 15.9 Å². The summed E-state index contributed by atoms with van der Waals surface area (Å²) in [5.74, 6) is 2.43. The van der Waals surface area contributed by atoms with Crippen LogP contribution < -0.4 is 0 Å². The smallest absolute Gasteiger partial charge is 0.0700 e. The topological polar surface area (TPSA) is 18.5 Å². The van der Waals surface area contributed by atoms with Crippen molar-refractivity contribution in [3.05, 3.63) is 12.2 Å². The normalized spacial score (nSPS) is 32.7. The largest absolute Gasteiger partial charge is 0.379 e. The first-order valence-electron chi connectivity index (χ1n) is 5.80. The summed E-state index contributed by atoms with van der Waals surface area (Å²) in [7, 11) is 0. The molecule has 0 aromatic rings. The van der Waals surface area contributed by atoms with Crippen LogP contribution in [0.1, 0.15) is 12.8 Å². The zero-order valence-corrected chi connectivity index (χ0v) is 10.6. The van der Waals surface area contributed by atoms with Gasteiger partial charge in [0.15, 0.2) is 0 Å². The third-order valence-electron chi connectivity index (χ3n) is 3.34. The Morgan fingerprint density at radius 1 is 1.07 bits per heavy atom. The van der Waals surface area contributed by atoms with Crippen molar-refractivity contribution in [2.24, 2.45) is 17.8 Å². The van der Waals surface area contributed by atoms with Crippen LogP contribution in [0.5, 0.6) is 0 Å². The first-order chi connectivity index (χ1) is 7.40. The van der Waals surface area contributed by atoms with Crippen molar-refractivity contribution in [2.75, 3.05) is 31.8 Å². The molecule has 2 nitrogen and oxygen atoms in total. The predicted molar refractivity (Wildman–Crippen MR) is 64.3 cm³/mol. The molecule has 0 spiro atoms. The zero-order valence-electron chi connectivity index (χ0n) is 9.03. The van der Waals surface area contributed by atoms with E-state index in [1.807, 2.05) is 0 Å². The number of rotatable bonds is 7. The van der Waals surface area contributed by atoms with Crippen molar-refractivity contribution in [3.63, 3.8) is 0 Å². The van der Waals surface area contributed by atoms with Crippen LogP contribution in [-0.2, 0) is 9.47 Å². The van der Waals surface area contributed by atoms with Crippen LogP contribution in [0.4, 0.5) is 0 Å². The molecule has 2 aliphatic rings. The standard InChI is InChI=1S/C12H19BrO2/c13-3-4-14-5-6-15-9-12-8-10-1-2-11(12)7-10/h1-2,10-12H,3-9H2. The van der Waals surface area contributed by atoms with Crippen molar-refractivity contribution in [2.45, 2.75) is 12.8 Å². The molecule has 3 heteroatoms. The molecule has 2 rings (SSSR count). The van der Waals surface area contributed by atoms with Gasteiger partial charge in [0, 0.05) is 5.33 Å². The fourth-order valence-electron chi connectivity index (χ4n) is 2.60. The number of ether oxygens (including phenoxy) is 2. The maximum absolute atomic E-state index is 5.64. The Balaban J connectivity index is 1.50. The van der Waals surface area contributed by atoms with Gasteiger partial charge in [0.05, 0.1) is 26.4 Å². The van der Waals surface area contributed by atoms with E-state index in [-0.39, 0.29) is 0 Å². The van der Waals surface area contributed by atoms with Gasteiger partial charge in [-0.05, 0) is 30.6 Å². The molecular weight excluding hydrogens is 256 g/mol. The molecule has 1 fully saturated rings. The minimum atomic E-state index is 0.724. The van der Waals surface area contributed by atoms with Gasteiger partial charge in [-0.1, -0.05) is 28.1 Å². The molecule has 15 heavy (non-hydrogen) atoms. The van der Waals surface area contributed by atoms with Gasteiger partial charge in [-0.3, -0.25) is 0 Å². The third-order valence-corrected chi connectivity index (χ3v) is 3.67. The summed E-state index contributed by atoms with van der Waals surface area (Å²) in [5.41, 5.74) is 0. The minimum Gasteiger partial charge on any atom is -0.379 e. The highest BCUT2D eigenvalue weighted by Gasteiger charge is 2.35. The summed E-state index contributed by atoms with van der Waals surface area (Å²) in [4.78, 5) is 0. The van der Waals surface area contributed by atoms with Gasteiger partial charge in [-0.25, -0.2) is 0 Å². The van der Waals surface area contributed by atoms with Crippen LogP contribution in [0, 0.1) is 17.8 Å². The molecule has 0 saturated heterocycles. The summed E-state index contributed by atoms with van der Waals surface area (Å²) in [6.07, 6.45) is 7.46. The maximum Gasteiger partial charge on any atom is 0.0700 e. The van der Waals surface area contributed by atoms with Gasteiger partial charge >= 0.3 is 0 Å². The number of alkyl halides is 1. The first-order valence-corrected chi connectivity index (χ1v) is 6.92. The first kappa shape index (κ1) is 11.6. The lowest BCUT2D eigenvalue weighted by Crippen LogP contribution is -2.16. The highest BCUT2D eigenvalue weighted by atomic mass is 79.9. The Kier molecular flexibility index (Phi) is 4.66.